The Morgan fingerprint density at radius 2 is 1.96 bits per heavy atom. The van der Waals surface area contributed by atoms with E-state index in [1.165, 1.54) is 0 Å². The van der Waals surface area contributed by atoms with Crippen LogP contribution >= 0.6 is 0 Å². The van der Waals surface area contributed by atoms with E-state index in [2.05, 4.69) is 21.5 Å². The van der Waals surface area contributed by atoms with Crippen LogP contribution in [0.1, 0.15) is 36.0 Å². The standard InChI is InChI=1S/C17H23FN4O2/c18-12-7-4-8-13-15(12)16(22-21-13)20-14(23)9-10-19-17(24)11-5-2-1-3-6-11/h1-3,5-6,12-13,15-16,21-22H,4,7-10H2,(H,19,24)(H,20,23). The van der Waals surface area contributed by atoms with Crippen LogP contribution in [-0.4, -0.2) is 36.7 Å². The number of carbonyl (C=O) groups is 2. The predicted octanol–water partition coefficient (Wildman–Crippen LogP) is 0.863. The Bertz CT molecular complexity index is 583. The quantitative estimate of drug-likeness (QED) is 0.644. The summed E-state index contributed by atoms with van der Waals surface area (Å²) >= 11 is 0. The third-order valence-corrected chi connectivity index (χ3v) is 4.68. The van der Waals surface area contributed by atoms with Crippen LogP contribution in [0.25, 0.3) is 0 Å². The van der Waals surface area contributed by atoms with Crippen LogP contribution in [0.2, 0.25) is 0 Å². The zero-order valence-electron chi connectivity index (χ0n) is 13.4. The maximum atomic E-state index is 14.1. The average molecular weight is 334 g/mol. The van der Waals surface area contributed by atoms with Gasteiger partial charge in [0, 0.05) is 30.5 Å². The fraction of sp³-hybridized carbons (Fsp3) is 0.529. The van der Waals surface area contributed by atoms with Crippen LogP contribution < -0.4 is 21.5 Å². The highest BCUT2D eigenvalue weighted by molar-refractivity contribution is 5.94. The van der Waals surface area contributed by atoms with E-state index < -0.39 is 12.3 Å². The normalized spacial score (nSPS) is 28.9. The largest absolute Gasteiger partial charge is 0.352 e. The Kier molecular flexibility index (Phi) is 5.42. The van der Waals surface area contributed by atoms with Crippen molar-refractivity contribution in [2.45, 2.75) is 44.1 Å². The van der Waals surface area contributed by atoms with Crippen molar-refractivity contribution in [2.24, 2.45) is 5.92 Å². The number of alkyl halides is 1. The average Bonchev–Trinajstić information content (AvgIpc) is 3.00. The minimum Gasteiger partial charge on any atom is -0.352 e. The molecule has 4 atom stereocenters. The molecule has 4 unspecified atom stereocenters. The molecule has 0 aromatic heterocycles. The van der Waals surface area contributed by atoms with Gasteiger partial charge in [0.25, 0.3) is 5.91 Å². The number of fused-ring (bicyclic) bond motifs is 1. The molecule has 1 aliphatic carbocycles. The molecule has 7 heteroatoms. The summed E-state index contributed by atoms with van der Waals surface area (Å²) in [5, 5.41) is 5.53. The van der Waals surface area contributed by atoms with Gasteiger partial charge in [0.15, 0.2) is 0 Å². The molecule has 2 aliphatic rings. The van der Waals surface area contributed by atoms with Crippen LogP contribution in [-0.2, 0) is 4.79 Å². The molecular weight excluding hydrogens is 311 g/mol. The Morgan fingerprint density at radius 3 is 2.75 bits per heavy atom. The zero-order valence-corrected chi connectivity index (χ0v) is 13.4. The predicted molar refractivity (Wildman–Crippen MR) is 87.6 cm³/mol. The minimum atomic E-state index is -0.908. The van der Waals surface area contributed by atoms with Crippen molar-refractivity contribution in [3.63, 3.8) is 0 Å². The van der Waals surface area contributed by atoms with E-state index >= 15 is 0 Å². The van der Waals surface area contributed by atoms with Crippen LogP contribution in [0.3, 0.4) is 0 Å². The number of hydrogen-bond donors (Lipinski definition) is 4. The summed E-state index contributed by atoms with van der Waals surface area (Å²) in [5.74, 6) is -0.650. The topological polar surface area (TPSA) is 82.3 Å². The molecule has 0 spiro atoms. The van der Waals surface area contributed by atoms with E-state index in [4.69, 9.17) is 0 Å². The first-order valence-corrected chi connectivity index (χ1v) is 8.43. The molecule has 2 fully saturated rings. The summed E-state index contributed by atoms with van der Waals surface area (Å²) in [6, 6.07) is 8.91. The molecule has 1 aromatic carbocycles. The highest BCUT2D eigenvalue weighted by Gasteiger charge is 2.44. The number of hydrogen-bond acceptors (Lipinski definition) is 4. The van der Waals surface area contributed by atoms with Crippen LogP contribution in [0.15, 0.2) is 30.3 Å². The smallest absolute Gasteiger partial charge is 0.251 e. The van der Waals surface area contributed by atoms with Crippen molar-refractivity contribution < 1.29 is 14.0 Å². The fourth-order valence-corrected chi connectivity index (χ4v) is 3.43. The molecule has 0 bridgehead atoms. The molecule has 1 saturated carbocycles. The molecule has 1 aromatic rings. The lowest BCUT2D eigenvalue weighted by molar-refractivity contribution is -0.122. The maximum Gasteiger partial charge on any atom is 0.251 e. The SMILES string of the molecule is O=C(CCNC(=O)c1ccccc1)NC1NNC2CCCC(F)C21. The molecule has 24 heavy (non-hydrogen) atoms. The van der Waals surface area contributed by atoms with Crippen molar-refractivity contribution in [3.8, 4) is 0 Å². The first-order chi connectivity index (χ1) is 11.6. The summed E-state index contributed by atoms with van der Waals surface area (Å²) in [6.07, 6.45) is 1.17. The lowest BCUT2D eigenvalue weighted by atomic mass is 9.82. The van der Waals surface area contributed by atoms with E-state index in [-0.39, 0.29) is 36.7 Å². The number of carbonyl (C=O) groups excluding carboxylic acids is 2. The molecule has 0 radical (unpaired) electrons. The van der Waals surface area contributed by atoms with Crippen molar-refractivity contribution >= 4 is 11.8 Å². The number of halogens is 1. The van der Waals surface area contributed by atoms with Crippen LogP contribution in [0, 0.1) is 5.92 Å². The summed E-state index contributed by atoms with van der Waals surface area (Å²) < 4.78 is 14.1. The summed E-state index contributed by atoms with van der Waals surface area (Å²) in [7, 11) is 0. The minimum absolute atomic E-state index is 0.0665. The van der Waals surface area contributed by atoms with Crippen molar-refractivity contribution in [3.05, 3.63) is 35.9 Å². The summed E-state index contributed by atoms with van der Waals surface area (Å²) in [6.45, 7) is 0.243. The summed E-state index contributed by atoms with van der Waals surface area (Å²) in [4.78, 5) is 23.9. The van der Waals surface area contributed by atoms with E-state index in [0.29, 0.717) is 12.0 Å². The number of hydrazine groups is 1. The number of nitrogens with one attached hydrogen (secondary N) is 4. The lowest BCUT2D eigenvalue weighted by Crippen LogP contribution is -2.50. The second-order valence-electron chi connectivity index (χ2n) is 6.34. The van der Waals surface area contributed by atoms with Gasteiger partial charge in [-0.1, -0.05) is 18.2 Å². The van der Waals surface area contributed by atoms with E-state index in [1.807, 2.05) is 6.07 Å². The Balaban J connectivity index is 1.42. The second-order valence-corrected chi connectivity index (χ2v) is 6.34. The van der Waals surface area contributed by atoms with Gasteiger partial charge in [-0.25, -0.2) is 9.82 Å². The van der Waals surface area contributed by atoms with Gasteiger partial charge in [0.1, 0.15) is 6.17 Å². The third kappa shape index (κ3) is 3.91. The molecule has 1 aliphatic heterocycles. The van der Waals surface area contributed by atoms with Gasteiger partial charge in [-0.05, 0) is 31.4 Å². The van der Waals surface area contributed by atoms with Gasteiger partial charge >= 0.3 is 0 Å². The van der Waals surface area contributed by atoms with E-state index in [1.54, 1.807) is 24.3 Å². The van der Waals surface area contributed by atoms with Gasteiger partial charge in [-0.3, -0.25) is 15.0 Å². The first kappa shape index (κ1) is 16.9. The highest BCUT2D eigenvalue weighted by Crippen LogP contribution is 2.31. The number of benzene rings is 1. The Labute approximate surface area is 140 Å². The Hall–Kier alpha value is -1.99. The van der Waals surface area contributed by atoms with Crippen molar-refractivity contribution in [1.29, 1.82) is 0 Å². The molecular formula is C17H23FN4O2. The molecule has 1 heterocycles. The van der Waals surface area contributed by atoms with Crippen LogP contribution in [0.5, 0.6) is 0 Å². The van der Waals surface area contributed by atoms with Crippen molar-refractivity contribution in [1.82, 2.24) is 21.5 Å². The van der Waals surface area contributed by atoms with E-state index in [9.17, 15) is 14.0 Å². The molecule has 1 saturated heterocycles. The van der Waals surface area contributed by atoms with Crippen molar-refractivity contribution in [2.75, 3.05) is 6.54 Å². The highest BCUT2D eigenvalue weighted by atomic mass is 19.1. The van der Waals surface area contributed by atoms with Gasteiger partial charge in [0.2, 0.25) is 5.91 Å². The van der Waals surface area contributed by atoms with Gasteiger partial charge in [0.05, 0.1) is 6.17 Å². The zero-order chi connectivity index (χ0) is 16.9. The molecule has 3 rings (SSSR count). The van der Waals surface area contributed by atoms with Gasteiger partial charge in [-0.15, -0.1) is 0 Å². The van der Waals surface area contributed by atoms with Gasteiger partial charge < -0.3 is 10.6 Å². The first-order valence-electron chi connectivity index (χ1n) is 8.43. The van der Waals surface area contributed by atoms with E-state index in [0.717, 1.165) is 12.8 Å². The molecule has 2 amide bonds. The number of rotatable bonds is 5. The van der Waals surface area contributed by atoms with Crippen LogP contribution in [0.4, 0.5) is 4.39 Å². The molecule has 6 nitrogen and oxygen atoms in total. The van der Waals surface area contributed by atoms with Gasteiger partial charge in [-0.2, -0.15) is 0 Å². The molecule has 130 valence electrons. The second kappa shape index (κ2) is 7.72. The molecule has 4 N–H and O–H groups in total. The third-order valence-electron chi connectivity index (χ3n) is 4.68. The Morgan fingerprint density at radius 1 is 1.17 bits per heavy atom. The fourth-order valence-electron chi connectivity index (χ4n) is 3.43. The monoisotopic (exact) mass is 334 g/mol. The number of amides is 2. The summed E-state index contributed by atoms with van der Waals surface area (Å²) in [5.41, 5.74) is 6.60. The lowest BCUT2D eigenvalue weighted by Gasteiger charge is -2.30. The maximum absolute atomic E-state index is 14.1.